The van der Waals surface area contributed by atoms with E-state index in [1.807, 2.05) is 0 Å². The third-order valence-corrected chi connectivity index (χ3v) is 18.3. The van der Waals surface area contributed by atoms with Gasteiger partial charge in [0.05, 0.1) is 26.4 Å². The Morgan fingerprint density at radius 3 is 0.798 bits per heavy atom. The molecule has 17 nitrogen and oxygen atoms in total. The quantitative estimate of drug-likeness (QED) is 0.0222. The van der Waals surface area contributed by atoms with Crippen LogP contribution < -0.4 is 0 Å². The first-order valence-electron chi connectivity index (χ1n) is 36.2. The number of rotatable bonds is 67. The third kappa shape index (κ3) is 63.2. The molecule has 0 aliphatic rings. The molecule has 19 heteroatoms. The van der Waals surface area contributed by atoms with Crippen molar-refractivity contribution in [2.24, 2.45) is 23.7 Å². The van der Waals surface area contributed by atoms with Gasteiger partial charge in [-0.25, -0.2) is 9.13 Å². The Labute approximate surface area is 543 Å². The number of aliphatic hydroxyl groups excluding tert-OH is 1. The van der Waals surface area contributed by atoms with E-state index in [1.165, 1.54) is 141 Å². The fourth-order valence-electron chi connectivity index (χ4n) is 10.5. The molecule has 0 aromatic rings. The average Bonchev–Trinajstić information content (AvgIpc) is 3.62. The molecule has 6 atom stereocenters. The van der Waals surface area contributed by atoms with Gasteiger partial charge in [-0.05, 0) is 49.4 Å². The first kappa shape index (κ1) is 87.1. The molecule has 0 aromatic heterocycles. The zero-order valence-corrected chi connectivity index (χ0v) is 59.8. The number of ether oxygens (including phenoxy) is 4. The van der Waals surface area contributed by atoms with E-state index in [2.05, 4.69) is 55.4 Å². The topological polar surface area (TPSA) is 237 Å². The Morgan fingerprint density at radius 2 is 0.539 bits per heavy atom. The number of unbranched alkanes of at least 4 members (excludes halogenated alkanes) is 32. The van der Waals surface area contributed by atoms with Gasteiger partial charge in [0, 0.05) is 25.7 Å². The van der Waals surface area contributed by atoms with Gasteiger partial charge in [-0.1, -0.05) is 293 Å². The highest BCUT2D eigenvalue weighted by Gasteiger charge is 2.30. The maximum Gasteiger partial charge on any atom is 0.472 e. The lowest BCUT2D eigenvalue weighted by Gasteiger charge is -2.21. The predicted molar refractivity (Wildman–Crippen MR) is 358 cm³/mol. The summed E-state index contributed by atoms with van der Waals surface area (Å²) in [7, 11) is -9.90. The van der Waals surface area contributed by atoms with Crippen LogP contribution in [-0.4, -0.2) is 96.7 Å². The summed E-state index contributed by atoms with van der Waals surface area (Å²) < 4.78 is 68.3. The molecule has 3 unspecified atom stereocenters. The molecule has 0 aliphatic heterocycles. The van der Waals surface area contributed by atoms with Crippen molar-refractivity contribution < 1.29 is 80.2 Å². The molecular formula is C70H136O17P2. The fraction of sp³-hybridized carbons (Fsp3) is 0.943. The molecule has 0 bridgehead atoms. The highest BCUT2D eigenvalue weighted by atomic mass is 31.2. The second kappa shape index (κ2) is 59.8. The summed E-state index contributed by atoms with van der Waals surface area (Å²) in [6.07, 6.45) is 41.7. The van der Waals surface area contributed by atoms with Gasteiger partial charge in [0.15, 0.2) is 12.2 Å². The minimum atomic E-state index is -4.95. The molecule has 0 fully saturated rings. The van der Waals surface area contributed by atoms with E-state index in [9.17, 15) is 43.2 Å². The SMILES string of the molecule is CCC(C)CCCCCCCCC(=O)OC[C@H](COP(=O)(O)OC[C@H](O)COP(=O)(O)OC[C@@H](COC(=O)CCCCCCCCCCC(C)C)OC(=O)CCCCCCCCCCCCCCC(C)C)OC(=O)CCCCCCCCCCCCC(C)C. The molecule has 0 aliphatic carbocycles. The molecular weight excluding hydrogens is 1170 g/mol. The monoisotopic (exact) mass is 1310 g/mol. The number of esters is 4. The standard InChI is InChI=1S/C70H136O17P2/c1-9-63(8)49-41-33-28-29-35-43-51-68(73)81-57-66(87-70(75)53-45-37-27-19-15-14-17-23-31-39-47-61(4)5)59-85-89(78,79)83-55-64(71)54-82-88(76,77)84-58-65(56-80-67(72)50-42-34-25-21-20-24-32-40-48-62(6)7)86-69(74)52-44-36-26-18-13-11-10-12-16-22-30-38-46-60(2)3/h60-66,71H,9-59H2,1-8H3,(H,76,77)(H,78,79)/t63?,64-,65-,66-/m1/s1. The van der Waals surface area contributed by atoms with Gasteiger partial charge in [-0.15, -0.1) is 0 Å². The zero-order valence-electron chi connectivity index (χ0n) is 58.1. The van der Waals surface area contributed by atoms with E-state index in [0.29, 0.717) is 25.7 Å². The molecule has 0 aromatic carbocycles. The predicted octanol–water partition coefficient (Wildman–Crippen LogP) is 19.7. The Balaban J connectivity index is 5.26. The van der Waals surface area contributed by atoms with Gasteiger partial charge in [0.1, 0.15) is 19.3 Å². The lowest BCUT2D eigenvalue weighted by Crippen LogP contribution is -2.30. The van der Waals surface area contributed by atoms with Crippen LogP contribution in [0.3, 0.4) is 0 Å². The van der Waals surface area contributed by atoms with Crippen molar-refractivity contribution in [3.8, 4) is 0 Å². The van der Waals surface area contributed by atoms with Gasteiger partial charge in [-0.2, -0.15) is 0 Å². The first-order valence-corrected chi connectivity index (χ1v) is 39.2. The van der Waals surface area contributed by atoms with Crippen LogP contribution in [0.4, 0.5) is 0 Å². The fourth-order valence-corrected chi connectivity index (χ4v) is 12.0. The average molecular weight is 1310 g/mol. The van der Waals surface area contributed by atoms with Crippen LogP contribution in [-0.2, 0) is 65.4 Å². The number of phosphoric acid groups is 2. The van der Waals surface area contributed by atoms with Crippen molar-refractivity contribution in [1.29, 1.82) is 0 Å². The van der Waals surface area contributed by atoms with Crippen LogP contribution in [0.15, 0.2) is 0 Å². The smallest absolute Gasteiger partial charge is 0.462 e. The summed E-state index contributed by atoms with van der Waals surface area (Å²) in [6.45, 7) is 14.1. The van der Waals surface area contributed by atoms with Gasteiger partial charge in [0.25, 0.3) is 0 Å². The summed E-state index contributed by atoms with van der Waals surface area (Å²) >= 11 is 0. The van der Waals surface area contributed by atoms with Crippen molar-refractivity contribution >= 4 is 39.5 Å². The zero-order chi connectivity index (χ0) is 66.1. The second-order valence-corrected chi connectivity index (χ2v) is 29.8. The van der Waals surface area contributed by atoms with E-state index in [1.54, 1.807) is 0 Å². The Hall–Kier alpha value is -1.94. The molecule has 89 heavy (non-hydrogen) atoms. The molecule has 0 saturated carbocycles. The molecule has 0 heterocycles. The normalized spacial score (nSPS) is 14.6. The summed E-state index contributed by atoms with van der Waals surface area (Å²) in [6, 6.07) is 0. The molecule has 0 rings (SSSR count). The van der Waals surface area contributed by atoms with Gasteiger partial charge in [-0.3, -0.25) is 37.3 Å². The van der Waals surface area contributed by atoms with Crippen LogP contribution in [0.5, 0.6) is 0 Å². The lowest BCUT2D eigenvalue weighted by atomic mass is 10.00. The van der Waals surface area contributed by atoms with Crippen LogP contribution in [0, 0.1) is 23.7 Å². The summed E-state index contributed by atoms with van der Waals surface area (Å²) in [5.41, 5.74) is 0. The van der Waals surface area contributed by atoms with Gasteiger partial charge >= 0.3 is 39.5 Å². The summed E-state index contributed by atoms with van der Waals surface area (Å²) in [4.78, 5) is 72.5. The molecule has 0 spiro atoms. The minimum absolute atomic E-state index is 0.104. The van der Waals surface area contributed by atoms with E-state index >= 15 is 0 Å². The molecule has 3 N–H and O–H groups in total. The molecule has 528 valence electrons. The number of carbonyl (C=O) groups is 4. The number of hydrogen-bond donors (Lipinski definition) is 3. The van der Waals surface area contributed by atoms with Crippen molar-refractivity contribution in [2.45, 2.75) is 363 Å². The van der Waals surface area contributed by atoms with Gasteiger partial charge in [0.2, 0.25) is 0 Å². The number of carbonyl (C=O) groups excluding carboxylic acids is 4. The van der Waals surface area contributed by atoms with E-state index in [0.717, 1.165) is 120 Å². The van der Waals surface area contributed by atoms with Crippen LogP contribution in [0.25, 0.3) is 0 Å². The Bertz CT molecular complexity index is 1770. The number of phosphoric ester groups is 2. The molecule has 0 radical (unpaired) electrons. The van der Waals surface area contributed by atoms with E-state index in [4.69, 9.17) is 37.0 Å². The largest absolute Gasteiger partial charge is 0.472 e. The third-order valence-electron chi connectivity index (χ3n) is 16.4. The minimum Gasteiger partial charge on any atom is -0.462 e. The number of hydrogen-bond acceptors (Lipinski definition) is 15. The van der Waals surface area contributed by atoms with E-state index < -0.39 is 97.5 Å². The van der Waals surface area contributed by atoms with Crippen molar-refractivity contribution in [1.82, 2.24) is 0 Å². The Morgan fingerprint density at radius 1 is 0.315 bits per heavy atom. The maximum absolute atomic E-state index is 13.0. The van der Waals surface area contributed by atoms with Gasteiger partial charge < -0.3 is 33.8 Å². The summed E-state index contributed by atoms with van der Waals surface area (Å²) in [5.74, 6) is 0.855. The van der Waals surface area contributed by atoms with E-state index in [-0.39, 0.29) is 25.7 Å². The van der Waals surface area contributed by atoms with Crippen LogP contribution >= 0.6 is 15.6 Å². The van der Waals surface area contributed by atoms with Crippen molar-refractivity contribution in [3.05, 3.63) is 0 Å². The maximum atomic E-state index is 13.0. The highest BCUT2D eigenvalue weighted by Crippen LogP contribution is 2.45. The molecule has 0 saturated heterocycles. The first-order chi connectivity index (χ1) is 42.6. The second-order valence-electron chi connectivity index (χ2n) is 26.9. The Kier molecular flexibility index (Phi) is 58.5. The van der Waals surface area contributed by atoms with Crippen LogP contribution in [0.1, 0.15) is 344 Å². The lowest BCUT2D eigenvalue weighted by molar-refractivity contribution is -0.161. The molecule has 0 amide bonds. The van der Waals surface area contributed by atoms with Crippen LogP contribution in [0.2, 0.25) is 0 Å². The summed E-state index contributed by atoms with van der Waals surface area (Å²) in [5, 5.41) is 10.6. The number of aliphatic hydroxyl groups is 1. The van der Waals surface area contributed by atoms with Crippen molar-refractivity contribution in [3.63, 3.8) is 0 Å². The van der Waals surface area contributed by atoms with Crippen molar-refractivity contribution in [2.75, 3.05) is 39.6 Å². The highest BCUT2D eigenvalue weighted by molar-refractivity contribution is 7.47.